The molecule has 3 aromatic rings. The zero-order valence-corrected chi connectivity index (χ0v) is 14.9. The highest BCUT2D eigenvalue weighted by atomic mass is 32.2. The van der Waals surface area contributed by atoms with E-state index in [1.54, 1.807) is 6.20 Å². The number of nitrogens with zero attached hydrogens (tertiary/aromatic N) is 6. The second-order valence-electron chi connectivity index (χ2n) is 6.11. The van der Waals surface area contributed by atoms with Gasteiger partial charge in [-0.2, -0.15) is 21.8 Å². The third-order valence-electron chi connectivity index (χ3n) is 4.41. The Morgan fingerprint density at radius 2 is 2.00 bits per heavy atom. The third kappa shape index (κ3) is 2.69. The molecule has 0 amide bonds. The van der Waals surface area contributed by atoms with Gasteiger partial charge in [0.1, 0.15) is 0 Å². The molecule has 4 rings (SSSR count). The van der Waals surface area contributed by atoms with Crippen LogP contribution in [-0.2, 0) is 0 Å². The number of aryl methyl sites for hydroxylation is 2. The monoisotopic (exact) mass is 344 g/mol. The summed E-state index contributed by atoms with van der Waals surface area (Å²) in [5, 5.41) is 8.57. The first kappa shape index (κ1) is 15.6. The number of fused-ring (bicyclic) bond motifs is 1. The first-order chi connectivity index (χ1) is 11.6. The van der Waals surface area contributed by atoms with E-state index in [2.05, 4.69) is 32.0 Å². The molecule has 1 aliphatic rings. The van der Waals surface area contributed by atoms with Crippen LogP contribution in [0.2, 0.25) is 0 Å². The molecule has 7 nitrogen and oxygen atoms in total. The van der Waals surface area contributed by atoms with E-state index in [4.69, 9.17) is 4.52 Å². The second-order valence-corrected chi connectivity index (χ2v) is 7.34. The van der Waals surface area contributed by atoms with Crippen LogP contribution < -0.4 is 0 Å². The Morgan fingerprint density at radius 1 is 1.21 bits per heavy atom. The molecule has 0 aromatic carbocycles. The lowest BCUT2D eigenvalue weighted by Crippen LogP contribution is -2.34. The summed E-state index contributed by atoms with van der Waals surface area (Å²) in [6.07, 6.45) is 1.76. The number of aromatic nitrogens is 5. The minimum atomic E-state index is 0.130. The van der Waals surface area contributed by atoms with E-state index < -0.39 is 0 Å². The van der Waals surface area contributed by atoms with E-state index in [0.717, 1.165) is 47.2 Å². The van der Waals surface area contributed by atoms with E-state index >= 15 is 0 Å². The van der Waals surface area contributed by atoms with Gasteiger partial charge in [-0.05, 0) is 26.8 Å². The minimum Gasteiger partial charge on any atom is -0.337 e. The van der Waals surface area contributed by atoms with Gasteiger partial charge in [-0.3, -0.25) is 4.90 Å². The van der Waals surface area contributed by atoms with Crippen LogP contribution in [0.5, 0.6) is 0 Å². The number of rotatable bonds is 3. The molecule has 1 fully saturated rings. The van der Waals surface area contributed by atoms with Gasteiger partial charge < -0.3 is 4.52 Å². The van der Waals surface area contributed by atoms with Crippen molar-refractivity contribution in [2.75, 3.05) is 24.6 Å². The quantitative estimate of drug-likeness (QED) is 0.723. The maximum atomic E-state index is 5.54. The van der Waals surface area contributed by atoms with Crippen LogP contribution in [0.3, 0.4) is 0 Å². The number of hydrogen-bond acceptors (Lipinski definition) is 7. The van der Waals surface area contributed by atoms with Crippen molar-refractivity contribution in [3.8, 4) is 11.4 Å². The third-order valence-corrected chi connectivity index (χ3v) is 5.35. The standard InChI is InChI=1S/C16H20N6OS/c1-10-8-11(2)22-15(18-10)13(9-17-22)14-19-16(23-20-14)12(3)21-4-6-24-7-5-21/h8-9,12H,4-7H2,1-3H3/t12-/m0/s1. The van der Waals surface area contributed by atoms with Gasteiger partial charge in [0.05, 0.1) is 17.8 Å². The van der Waals surface area contributed by atoms with Crippen molar-refractivity contribution in [1.82, 2.24) is 29.6 Å². The van der Waals surface area contributed by atoms with E-state index in [0.29, 0.717) is 11.7 Å². The highest BCUT2D eigenvalue weighted by Gasteiger charge is 2.24. The predicted molar refractivity (Wildman–Crippen MR) is 93.1 cm³/mol. The highest BCUT2D eigenvalue weighted by molar-refractivity contribution is 7.99. The summed E-state index contributed by atoms with van der Waals surface area (Å²) in [7, 11) is 0. The van der Waals surface area contributed by atoms with Gasteiger partial charge in [0.25, 0.3) is 0 Å². The van der Waals surface area contributed by atoms with Crippen LogP contribution in [0.25, 0.3) is 17.0 Å². The average Bonchev–Trinajstić information content (AvgIpc) is 3.21. The fraction of sp³-hybridized carbons (Fsp3) is 0.500. The van der Waals surface area contributed by atoms with Gasteiger partial charge in [-0.25, -0.2) is 9.50 Å². The highest BCUT2D eigenvalue weighted by Crippen LogP contribution is 2.26. The molecular weight excluding hydrogens is 324 g/mol. The second kappa shape index (κ2) is 6.18. The van der Waals surface area contributed by atoms with Crippen LogP contribution in [-0.4, -0.2) is 54.2 Å². The van der Waals surface area contributed by atoms with Gasteiger partial charge in [0.2, 0.25) is 11.7 Å². The molecule has 8 heteroatoms. The topological polar surface area (TPSA) is 72.3 Å². The molecule has 126 valence electrons. The minimum absolute atomic E-state index is 0.130. The Kier molecular flexibility index (Phi) is 4.01. The lowest BCUT2D eigenvalue weighted by atomic mass is 10.2. The molecule has 1 atom stereocenters. The normalized spacial score (nSPS) is 17.5. The summed E-state index contributed by atoms with van der Waals surface area (Å²) in [5.41, 5.74) is 3.55. The Morgan fingerprint density at radius 3 is 2.79 bits per heavy atom. The van der Waals surface area contributed by atoms with Crippen molar-refractivity contribution in [3.05, 3.63) is 29.5 Å². The van der Waals surface area contributed by atoms with Crippen molar-refractivity contribution >= 4 is 17.4 Å². The van der Waals surface area contributed by atoms with E-state index in [9.17, 15) is 0 Å². The lowest BCUT2D eigenvalue weighted by molar-refractivity contribution is 0.189. The zero-order chi connectivity index (χ0) is 16.7. The van der Waals surface area contributed by atoms with Crippen LogP contribution in [0, 0.1) is 13.8 Å². The summed E-state index contributed by atoms with van der Waals surface area (Å²) in [6, 6.07) is 2.13. The molecule has 0 unspecified atom stereocenters. The van der Waals surface area contributed by atoms with Crippen molar-refractivity contribution in [1.29, 1.82) is 0 Å². The molecule has 1 saturated heterocycles. The summed E-state index contributed by atoms with van der Waals surface area (Å²) in [6.45, 7) is 8.22. The Balaban J connectivity index is 1.67. The van der Waals surface area contributed by atoms with E-state index in [1.165, 1.54) is 0 Å². The first-order valence-corrected chi connectivity index (χ1v) is 9.26. The molecule has 0 N–H and O–H groups in total. The number of thioether (sulfide) groups is 1. The van der Waals surface area contributed by atoms with Gasteiger partial charge in [-0.15, -0.1) is 0 Å². The lowest BCUT2D eigenvalue weighted by Gasteiger charge is -2.29. The van der Waals surface area contributed by atoms with Gasteiger partial charge >= 0.3 is 0 Å². The van der Waals surface area contributed by atoms with Crippen LogP contribution in [0.15, 0.2) is 16.8 Å². The molecular formula is C16H20N6OS. The summed E-state index contributed by atoms with van der Waals surface area (Å²) in [4.78, 5) is 11.6. The van der Waals surface area contributed by atoms with Crippen LogP contribution >= 0.6 is 11.8 Å². The molecule has 3 aromatic heterocycles. The maximum absolute atomic E-state index is 5.54. The van der Waals surface area contributed by atoms with E-state index in [1.807, 2.05) is 36.2 Å². The smallest absolute Gasteiger partial charge is 0.244 e. The SMILES string of the molecule is Cc1cc(C)n2ncc(-c3noc([C@H](C)N4CCSCC4)n3)c2n1. The van der Waals surface area contributed by atoms with Gasteiger partial charge in [0, 0.05) is 36.0 Å². The van der Waals surface area contributed by atoms with Crippen LogP contribution in [0.1, 0.15) is 30.2 Å². The largest absolute Gasteiger partial charge is 0.337 e. The predicted octanol–water partition coefficient (Wildman–Crippen LogP) is 2.51. The molecule has 0 spiro atoms. The Labute approximate surface area is 144 Å². The molecule has 4 heterocycles. The molecule has 0 saturated carbocycles. The Bertz CT molecular complexity index is 867. The van der Waals surface area contributed by atoms with Crippen molar-refractivity contribution in [2.24, 2.45) is 0 Å². The summed E-state index contributed by atoms with van der Waals surface area (Å²) >= 11 is 1.99. The van der Waals surface area contributed by atoms with Gasteiger partial charge in [0.15, 0.2) is 5.65 Å². The first-order valence-electron chi connectivity index (χ1n) is 8.11. The molecule has 0 radical (unpaired) electrons. The van der Waals surface area contributed by atoms with Crippen molar-refractivity contribution in [3.63, 3.8) is 0 Å². The maximum Gasteiger partial charge on any atom is 0.244 e. The molecule has 0 bridgehead atoms. The molecule has 0 aliphatic carbocycles. The fourth-order valence-electron chi connectivity index (χ4n) is 3.06. The van der Waals surface area contributed by atoms with Crippen molar-refractivity contribution in [2.45, 2.75) is 26.8 Å². The van der Waals surface area contributed by atoms with E-state index in [-0.39, 0.29) is 6.04 Å². The van der Waals surface area contributed by atoms with Crippen LogP contribution in [0.4, 0.5) is 0 Å². The van der Waals surface area contributed by atoms with Gasteiger partial charge in [-0.1, -0.05) is 5.16 Å². The summed E-state index contributed by atoms with van der Waals surface area (Å²) < 4.78 is 7.35. The average molecular weight is 344 g/mol. The number of hydrogen-bond donors (Lipinski definition) is 0. The molecule has 24 heavy (non-hydrogen) atoms. The Hall–Kier alpha value is -1.93. The van der Waals surface area contributed by atoms with Crippen molar-refractivity contribution < 1.29 is 4.52 Å². The summed E-state index contributed by atoms with van der Waals surface area (Å²) in [5.74, 6) is 3.51. The zero-order valence-electron chi connectivity index (χ0n) is 14.1. The molecule has 1 aliphatic heterocycles. The fourth-order valence-corrected chi connectivity index (χ4v) is 3.99.